The van der Waals surface area contributed by atoms with E-state index in [1.165, 1.54) is 12.7 Å². The second-order valence-corrected chi connectivity index (χ2v) is 10.8. The molecule has 3 aliphatic rings. The van der Waals surface area contributed by atoms with E-state index >= 15 is 0 Å². The summed E-state index contributed by atoms with van der Waals surface area (Å²) in [6.07, 6.45) is 5.93. The fourth-order valence-electron chi connectivity index (χ4n) is 5.03. The molecular weight excluding hydrogens is 444 g/mol. The van der Waals surface area contributed by atoms with Crippen molar-refractivity contribution < 1.29 is 18.7 Å². The van der Waals surface area contributed by atoms with Crippen LogP contribution in [-0.4, -0.2) is 40.5 Å². The number of fused-ring (bicyclic) bond motifs is 3. The molecule has 2 saturated heterocycles. The maximum atomic E-state index is 11.8. The molecule has 2 aliphatic heterocycles. The normalized spacial score (nSPS) is 23.8. The molecule has 0 radical (unpaired) electrons. The van der Waals surface area contributed by atoms with Crippen LogP contribution in [0.1, 0.15) is 64.3 Å². The quantitative estimate of drug-likeness (QED) is 0.478. The number of nitrogens with zero attached hydrogens (tertiary/aromatic N) is 3. The molecule has 8 heteroatoms. The zero-order valence-electron chi connectivity index (χ0n) is 20.8. The number of benzene rings is 1. The molecule has 0 amide bonds. The summed E-state index contributed by atoms with van der Waals surface area (Å²) in [4.78, 5) is 16.4. The van der Waals surface area contributed by atoms with Crippen molar-refractivity contribution in [3.63, 3.8) is 0 Å². The molecule has 0 spiro atoms. The number of carbonyl (C=O) groups excluding carboxylic acids is 1. The minimum Gasteiger partial charge on any atom is -0.469 e. The van der Waals surface area contributed by atoms with Gasteiger partial charge < -0.3 is 19.2 Å². The van der Waals surface area contributed by atoms with Crippen molar-refractivity contribution in [2.45, 2.75) is 69.3 Å². The molecule has 0 unspecified atom stereocenters. The lowest BCUT2D eigenvalue weighted by Gasteiger charge is -2.53. The molecule has 3 aromatic rings. The Bertz CT molecular complexity index is 1170. The average Bonchev–Trinajstić information content (AvgIpc) is 3.35. The molecular formula is C27H32N4O4. The van der Waals surface area contributed by atoms with E-state index in [1.807, 2.05) is 32.9 Å². The summed E-state index contributed by atoms with van der Waals surface area (Å²) in [5, 5.41) is 11.3. The van der Waals surface area contributed by atoms with E-state index in [-0.39, 0.29) is 22.4 Å². The summed E-state index contributed by atoms with van der Waals surface area (Å²) >= 11 is 0. The van der Waals surface area contributed by atoms with Crippen molar-refractivity contribution >= 4 is 17.7 Å². The molecule has 35 heavy (non-hydrogen) atoms. The number of methoxy groups -OCH3 is 1. The van der Waals surface area contributed by atoms with Gasteiger partial charge in [0, 0.05) is 16.4 Å². The van der Waals surface area contributed by atoms with Crippen LogP contribution in [0.25, 0.3) is 11.3 Å². The van der Waals surface area contributed by atoms with Gasteiger partial charge in [-0.15, -0.1) is 5.10 Å². The number of ether oxygens (including phenoxy) is 2. The van der Waals surface area contributed by atoms with Crippen LogP contribution < -0.4 is 5.32 Å². The summed E-state index contributed by atoms with van der Waals surface area (Å²) in [7, 11) is 1.44. The van der Waals surface area contributed by atoms with Crippen LogP contribution in [0.3, 0.4) is 0 Å². The molecule has 1 N–H and O–H groups in total. The Kier molecular flexibility index (Phi) is 5.87. The van der Waals surface area contributed by atoms with Crippen LogP contribution >= 0.6 is 0 Å². The van der Waals surface area contributed by atoms with Crippen LogP contribution in [0.5, 0.6) is 0 Å². The van der Waals surface area contributed by atoms with Gasteiger partial charge in [0.15, 0.2) is 0 Å². The van der Waals surface area contributed by atoms with Gasteiger partial charge in [-0.3, -0.25) is 9.78 Å². The first-order valence-corrected chi connectivity index (χ1v) is 12.1. The Morgan fingerprint density at radius 1 is 1.06 bits per heavy atom. The van der Waals surface area contributed by atoms with Crippen LogP contribution in [-0.2, 0) is 25.1 Å². The zero-order valence-corrected chi connectivity index (χ0v) is 20.8. The molecule has 1 aromatic carbocycles. The first-order chi connectivity index (χ1) is 16.7. The first-order valence-electron chi connectivity index (χ1n) is 12.1. The third-order valence-electron chi connectivity index (χ3n) is 7.34. The Labute approximate surface area is 205 Å². The van der Waals surface area contributed by atoms with Crippen molar-refractivity contribution in [3.05, 3.63) is 54.0 Å². The van der Waals surface area contributed by atoms with Crippen LogP contribution in [0.4, 0.5) is 11.7 Å². The van der Waals surface area contributed by atoms with E-state index in [2.05, 4.69) is 44.8 Å². The van der Waals surface area contributed by atoms with Crippen molar-refractivity contribution in [1.82, 2.24) is 15.2 Å². The molecule has 3 fully saturated rings. The minimum absolute atomic E-state index is 0.0214. The highest BCUT2D eigenvalue weighted by Crippen LogP contribution is 2.51. The largest absolute Gasteiger partial charge is 0.469 e. The number of carbonyl (C=O) groups is 1. The van der Waals surface area contributed by atoms with Gasteiger partial charge in [-0.25, -0.2) is 0 Å². The number of pyridine rings is 1. The highest BCUT2D eigenvalue weighted by molar-refractivity contribution is 5.70. The Morgan fingerprint density at radius 2 is 1.80 bits per heavy atom. The third kappa shape index (κ3) is 4.67. The van der Waals surface area contributed by atoms with E-state index in [0.717, 1.165) is 42.6 Å². The maximum absolute atomic E-state index is 11.8. The van der Waals surface area contributed by atoms with Crippen LogP contribution in [0.2, 0.25) is 0 Å². The molecule has 8 nitrogen and oxygen atoms in total. The number of rotatable bonds is 6. The number of hydrogen-bond acceptors (Lipinski definition) is 8. The predicted octanol–water partition coefficient (Wildman–Crippen LogP) is 5.32. The monoisotopic (exact) mass is 476 g/mol. The fourth-order valence-corrected chi connectivity index (χ4v) is 5.03. The van der Waals surface area contributed by atoms with Gasteiger partial charge in [0.05, 0.1) is 43.3 Å². The number of hydrogen-bond donors (Lipinski definition) is 1. The molecule has 1 aliphatic carbocycles. The summed E-state index contributed by atoms with van der Waals surface area (Å²) in [5.41, 5.74) is 3.49. The first kappa shape index (κ1) is 23.5. The van der Waals surface area contributed by atoms with E-state index < -0.39 is 0 Å². The average molecular weight is 477 g/mol. The Balaban J connectivity index is 1.24. The highest BCUT2D eigenvalue weighted by atomic mass is 16.5. The third-order valence-corrected chi connectivity index (χ3v) is 7.34. The Morgan fingerprint density at radius 3 is 2.34 bits per heavy atom. The molecule has 6 rings (SSSR count). The lowest BCUT2D eigenvalue weighted by atomic mass is 9.62. The zero-order chi connectivity index (χ0) is 24.7. The van der Waals surface area contributed by atoms with E-state index in [9.17, 15) is 4.79 Å². The van der Waals surface area contributed by atoms with E-state index in [0.29, 0.717) is 24.9 Å². The van der Waals surface area contributed by atoms with Gasteiger partial charge in [0.25, 0.3) is 0 Å². The predicted molar refractivity (Wildman–Crippen MR) is 131 cm³/mol. The SMILES string of the molecule is COC(=O)CC12CCC(c3ccc(-c4ccc(Nc5nnc(C(C)(C)C)o5)cn4)cc3)(CC1)CO2. The van der Waals surface area contributed by atoms with Crippen LogP contribution in [0, 0.1) is 0 Å². The van der Waals surface area contributed by atoms with E-state index in [4.69, 9.17) is 13.9 Å². The van der Waals surface area contributed by atoms with E-state index in [1.54, 1.807) is 6.20 Å². The molecule has 1 saturated carbocycles. The van der Waals surface area contributed by atoms with Crippen LogP contribution in [0.15, 0.2) is 47.0 Å². The molecule has 2 aromatic heterocycles. The number of anilines is 2. The fraction of sp³-hybridized carbons (Fsp3) is 0.481. The molecule has 0 atom stereocenters. The van der Waals surface area contributed by atoms with Gasteiger partial charge >= 0.3 is 12.0 Å². The smallest absolute Gasteiger partial charge is 0.320 e. The lowest BCUT2D eigenvalue weighted by Crippen LogP contribution is -2.54. The maximum Gasteiger partial charge on any atom is 0.320 e. The van der Waals surface area contributed by atoms with Gasteiger partial charge in [0.1, 0.15) is 0 Å². The molecule has 2 bridgehead atoms. The van der Waals surface area contributed by atoms with Gasteiger partial charge in [0.2, 0.25) is 5.89 Å². The van der Waals surface area contributed by atoms with Crippen molar-refractivity contribution in [3.8, 4) is 11.3 Å². The van der Waals surface area contributed by atoms with Crippen molar-refractivity contribution in [2.75, 3.05) is 19.0 Å². The number of aromatic nitrogens is 3. The van der Waals surface area contributed by atoms with Gasteiger partial charge in [-0.2, -0.15) is 0 Å². The Hall–Kier alpha value is -3.26. The lowest BCUT2D eigenvalue weighted by molar-refractivity contribution is -0.176. The standard InChI is InChI=1S/C27H32N4O4/c1-25(2,3)23-30-31-24(35-23)29-20-9-10-21(28-16-20)18-5-7-19(8-6-18)26-11-13-27(14-12-26,34-17-26)15-22(32)33-4/h5-10,16H,11-15,17H2,1-4H3,(H,29,31). The summed E-state index contributed by atoms with van der Waals surface area (Å²) in [6, 6.07) is 12.9. The van der Waals surface area contributed by atoms with Crippen molar-refractivity contribution in [1.29, 1.82) is 0 Å². The minimum atomic E-state index is -0.343. The second kappa shape index (κ2) is 8.75. The summed E-state index contributed by atoms with van der Waals surface area (Å²) < 4.78 is 16.8. The second-order valence-electron chi connectivity index (χ2n) is 10.8. The highest BCUT2D eigenvalue weighted by Gasteiger charge is 2.51. The number of esters is 1. The topological polar surface area (TPSA) is 99.4 Å². The van der Waals surface area contributed by atoms with Gasteiger partial charge in [-0.1, -0.05) is 50.1 Å². The van der Waals surface area contributed by atoms with Gasteiger partial charge in [-0.05, 0) is 43.4 Å². The molecule has 184 valence electrons. The summed E-state index contributed by atoms with van der Waals surface area (Å²) in [5.74, 6) is 0.392. The van der Waals surface area contributed by atoms with Crippen molar-refractivity contribution in [2.24, 2.45) is 0 Å². The molecule has 4 heterocycles. The summed E-state index contributed by atoms with van der Waals surface area (Å²) in [6.45, 7) is 6.73. The number of nitrogens with one attached hydrogen (secondary N) is 1.